The van der Waals surface area contributed by atoms with E-state index in [1.807, 2.05) is 33.9 Å². The molecular formula is C12H20N4O. The third-order valence-electron chi connectivity index (χ3n) is 2.80. The molecule has 0 atom stereocenters. The number of rotatable bonds is 4. The minimum absolute atomic E-state index is 0.132. The maximum Gasteiger partial charge on any atom is 0.228 e. The summed E-state index contributed by atoms with van der Waals surface area (Å²) in [5, 5.41) is 3.24. The van der Waals surface area contributed by atoms with Crippen LogP contribution in [0.2, 0.25) is 0 Å². The smallest absolute Gasteiger partial charge is 0.228 e. The van der Waals surface area contributed by atoms with Crippen molar-refractivity contribution in [3.8, 4) is 5.88 Å². The van der Waals surface area contributed by atoms with E-state index in [4.69, 9.17) is 4.74 Å². The van der Waals surface area contributed by atoms with E-state index in [0.717, 1.165) is 24.7 Å². The molecule has 1 saturated heterocycles. The van der Waals surface area contributed by atoms with Crippen molar-refractivity contribution >= 4 is 5.95 Å². The van der Waals surface area contributed by atoms with Crippen LogP contribution in [0.3, 0.4) is 0 Å². The fraction of sp³-hybridized carbons (Fsp3) is 0.667. The molecule has 1 aromatic rings. The van der Waals surface area contributed by atoms with E-state index in [1.165, 1.54) is 0 Å². The van der Waals surface area contributed by atoms with Gasteiger partial charge in [-0.3, -0.25) is 0 Å². The van der Waals surface area contributed by atoms with Gasteiger partial charge in [0.25, 0.3) is 0 Å². The second-order valence-corrected chi connectivity index (χ2v) is 4.74. The Kier molecular flexibility index (Phi) is 3.47. The molecule has 0 bridgehead atoms. The number of aryl methyl sites for hydroxylation is 1. The average Bonchev–Trinajstić information content (AvgIpc) is 2.12. The zero-order valence-corrected chi connectivity index (χ0v) is 10.9. The van der Waals surface area contributed by atoms with Crippen LogP contribution in [0.4, 0.5) is 5.95 Å². The molecule has 2 rings (SSSR count). The summed E-state index contributed by atoms with van der Waals surface area (Å²) in [6, 6.07) is 2.36. The van der Waals surface area contributed by atoms with Crippen LogP contribution >= 0.6 is 0 Å². The van der Waals surface area contributed by atoms with Crippen LogP contribution < -0.4 is 15.0 Å². The van der Waals surface area contributed by atoms with E-state index in [9.17, 15) is 0 Å². The molecule has 5 heteroatoms. The Morgan fingerprint density at radius 1 is 1.41 bits per heavy atom. The summed E-state index contributed by atoms with van der Waals surface area (Å²) in [6.45, 7) is 7.95. The number of anilines is 1. The lowest BCUT2D eigenvalue weighted by Crippen LogP contribution is -2.56. The molecule has 94 valence electrons. The molecule has 0 aliphatic carbocycles. The third-order valence-corrected chi connectivity index (χ3v) is 2.80. The van der Waals surface area contributed by atoms with E-state index in [1.54, 1.807) is 0 Å². The van der Waals surface area contributed by atoms with Gasteiger partial charge in [-0.05, 0) is 20.8 Å². The van der Waals surface area contributed by atoms with E-state index < -0.39 is 0 Å². The van der Waals surface area contributed by atoms with Gasteiger partial charge in [0.2, 0.25) is 11.8 Å². The molecule has 1 aromatic heterocycles. The number of hydrogen-bond acceptors (Lipinski definition) is 5. The highest BCUT2D eigenvalue weighted by atomic mass is 16.5. The van der Waals surface area contributed by atoms with Crippen LogP contribution in [0.25, 0.3) is 0 Å². The molecule has 0 aromatic carbocycles. The average molecular weight is 236 g/mol. The van der Waals surface area contributed by atoms with Gasteiger partial charge in [0, 0.05) is 31.9 Å². The highest BCUT2D eigenvalue weighted by molar-refractivity contribution is 5.35. The Morgan fingerprint density at radius 2 is 2.12 bits per heavy atom. The predicted molar refractivity (Wildman–Crippen MR) is 67.6 cm³/mol. The number of nitrogens with zero attached hydrogens (tertiary/aromatic N) is 3. The van der Waals surface area contributed by atoms with Crippen molar-refractivity contribution in [2.24, 2.45) is 0 Å². The first kappa shape index (κ1) is 12.1. The quantitative estimate of drug-likeness (QED) is 0.844. The Bertz CT molecular complexity index is 390. The zero-order valence-electron chi connectivity index (χ0n) is 10.9. The summed E-state index contributed by atoms with van der Waals surface area (Å²) >= 11 is 0. The van der Waals surface area contributed by atoms with Crippen molar-refractivity contribution < 1.29 is 4.74 Å². The van der Waals surface area contributed by atoms with Crippen molar-refractivity contribution in [3.05, 3.63) is 11.8 Å². The highest BCUT2D eigenvalue weighted by Gasteiger charge is 2.23. The normalized spacial score (nSPS) is 15.8. The van der Waals surface area contributed by atoms with Gasteiger partial charge in [-0.2, -0.15) is 4.98 Å². The summed E-state index contributed by atoms with van der Waals surface area (Å²) in [5.41, 5.74) is 0.935. The largest absolute Gasteiger partial charge is 0.475 e. The fourth-order valence-corrected chi connectivity index (χ4v) is 1.69. The molecule has 17 heavy (non-hydrogen) atoms. The summed E-state index contributed by atoms with van der Waals surface area (Å²) in [7, 11) is 2.03. The second-order valence-electron chi connectivity index (χ2n) is 4.74. The third kappa shape index (κ3) is 2.85. The Labute approximate surface area is 102 Å². The predicted octanol–water partition coefficient (Wildman–Crippen LogP) is 0.980. The van der Waals surface area contributed by atoms with E-state index >= 15 is 0 Å². The number of nitrogens with one attached hydrogen (secondary N) is 1. The van der Waals surface area contributed by atoms with E-state index in [2.05, 4.69) is 20.2 Å². The van der Waals surface area contributed by atoms with Gasteiger partial charge in [0.1, 0.15) is 0 Å². The number of ether oxygens (including phenoxy) is 1. The monoisotopic (exact) mass is 236 g/mol. The van der Waals surface area contributed by atoms with Gasteiger partial charge in [0.15, 0.2) is 0 Å². The molecule has 0 unspecified atom stereocenters. The molecule has 0 saturated carbocycles. The fourth-order valence-electron chi connectivity index (χ4n) is 1.69. The first-order valence-electron chi connectivity index (χ1n) is 6.02. The molecule has 5 nitrogen and oxygen atoms in total. The molecule has 0 amide bonds. The van der Waals surface area contributed by atoms with Crippen LogP contribution in [-0.4, -0.2) is 42.3 Å². The molecule has 2 heterocycles. The van der Waals surface area contributed by atoms with Gasteiger partial charge in [-0.25, -0.2) is 4.98 Å². The molecule has 1 aliphatic heterocycles. The van der Waals surface area contributed by atoms with Crippen LogP contribution in [0, 0.1) is 6.92 Å². The summed E-state index contributed by atoms with van der Waals surface area (Å²) in [5.74, 6) is 1.40. The molecule has 1 aliphatic rings. The first-order chi connectivity index (χ1) is 8.06. The van der Waals surface area contributed by atoms with Crippen molar-refractivity contribution in [1.29, 1.82) is 0 Å². The topological polar surface area (TPSA) is 50.3 Å². The Balaban J connectivity index is 2.18. The van der Waals surface area contributed by atoms with Crippen LogP contribution in [0.5, 0.6) is 5.88 Å². The number of hydrogen-bond donors (Lipinski definition) is 1. The van der Waals surface area contributed by atoms with E-state index in [-0.39, 0.29) is 6.10 Å². The highest BCUT2D eigenvalue weighted by Crippen LogP contribution is 2.18. The lowest BCUT2D eigenvalue weighted by atomic mass is 10.1. The maximum atomic E-state index is 5.62. The Hall–Kier alpha value is -1.36. The van der Waals surface area contributed by atoms with Gasteiger partial charge in [0.05, 0.1) is 12.1 Å². The van der Waals surface area contributed by atoms with E-state index in [0.29, 0.717) is 11.9 Å². The summed E-state index contributed by atoms with van der Waals surface area (Å²) in [4.78, 5) is 11.0. The minimum Gasteiger partial charge on any atom is -0.475 e. The molecular weight excluding hydrogens is 216 g/mol. The van der Waals surface area contributed by atoms with Crippen molar-refractivity contribution in [3.63, 3.8) is 0 Å². The standard InChI is InChI=1S/C12H20N4O/c1-8(2)17-11-5-9(3)14-12(15-11)16(4)10-6-13-7-10/h5,8,10,13H,6-7H2,1-4H3. The van der Waals surface area contributed by atoms with Gasteiger partial charge in [-0.1, -0.05) is 0 Å². The Morgan fingerprint density at radius 3 is 2.65 bits per heavy atom. The maximum absolute atomic E-state index is 5.62. The van der Waals surface area contributed by atoms with Crippen LogP contribution in [0.15, 0.2) is 6.07 Å². The number of likely N-dealkylation sites (N-methyl/N-ethyl adjacent to an activating group) is 1. The van der Waals surface area contributed by atoms with Crippen molar-refractivity contribution in [2.45, 2.75) is 32.9 Å². The molecule has 0 radical (unpaired) electrons. The van der Waals surface area contributed by atoms with Gasteiger partial charge < -0.3 is 15.0 Å². The second kappa shape index (κ2) is 4.87. The lowest BCUT2D eigenvalue weighted by molar-refractivity contribution is 0.232. The van der Waals surface area contributed by atoms with Crippen molar-refractivity contribution in [1.82, 2.24) is 15.3 Å². The zero-order chi connectivity index (χ0) is 12.4. The van der Waals surface area contributed by atoms with Crippen LogP contribution in [-0.2, 0) is 0 Å². The van der Waals surface area contributed by atoms with Gasteiger partial charge in [-0.15, -0.1) is 0 Å². The summed E-state index contributed by atoms with van der Waals surface area (Å²) in [6.07, 6.45) is 0.132. The summed E-state index contributed by atoms with van der Waals surface area (Å²) < 4.78 is 5.62. The van der Waals surface area contributed by atoms with Crippen molar-refractivity contribution in [2.75, 3.05) is 25.0 Å². The lowest BCUT2D eigenvalue weighted by Gasteiger charge is -2.35. The number of aromatic nitrogens is 2. The van der Waals surface area contributed by atoms with Crippen LogP contribution in [0.1, 0.15) is 19.5 Å². The molecule has 1 N–H and O–H groups in total. The minimum atomic E-state index is 0.132. The molecule has 0 spiro atoms. The first-order valence-corrected chi connectivity index (χ1v) is 6.02. The van der Waals surface area contributed by atoms with Gasteiger partial charge >= 0.3 is 0 Å². The molecule has 1 fully saturated rings. The SMILES string of the molecule is Cc1cc(OC(C)C)nc(N(C)C2CNC2)n1.